The van der Waals surface area contributed by atoms with Crippen molar-refractivity contribution < 1.29 is 4.79 Å². The molecule has 0 radical (unpaired) electrons. The number of carbonyl (C=O) groups is 1. The molecule has 2 rings (SSSR count). The van der Waals surface area contributed by atoms with Crippen LogP contribution in [-0.2, 0) is 11.3 Å². The van der Waals surface area contributed by atoms with Crippen molar-refractivity contribution >= 4 is 23.4 Å². The van der Waals surface area contributed by atoms with Gasteiger partial charge in [-0.05, 0) is 12.5 Å². The second kappa shape index (κ2) is 5.91. The Labute approximate surface area is 123 Å². The molecule has 0 spiro atoms. The lowest BCUT2D eigenvalue weighted by Crippen LogP contribution is -2.38. The van der Waals surface area contributed by atoms with Gasteiger partial charge in [0.25, 0.3) is 5.56 Å². The SMILES string of the molecule is CC1(C)CCN(C(=O)Cn2cc(N)ccc2=O)CCS1. The first-order valence-electron chi connectivity index (χ1n) is 6.75. The minimum Gasteiger partial charge on any atom is -0.398 e. The zero-order valence-electron chi connectivity index (χ0n) is 12.0. The van der Waals surface area contributed by atoms with Crippen LogP contribution in [0.1, 0.15) is 20.3 Å². The topological polar surface area (TPSA) is 68.3 Å². The van der Waals surface area contributed by atoms with Crippen LogP contribution < -0.4 is 11.3 Å². The van der Waals surface area contributed by atoms with Gasteiger partial charge in [0.1, 0.15) is 6.54 Å². The number of nitrogens with two attached hydrogens (primary N) is 1. The summed E-state index contributed by atoms with van der Waals surface area (Å²) in [7, 11) is 0. The smallest absolute Gasteiger partial charge is 0.251 e. The molecule has 6 heteroatoms. The van der Waals surface area contributed by atoms with Crippen molar-refractivity contribution in [3.63, 3.8) is 0 Å². The number of rotatable bonds is 2. The summed E-state index contributed by atoms with van der Waals surface area (Å²) in [5.41, 5.74) is 5.95. The molecule has 0 atom stereocenters. The number of hydrogen-bond acceptors (Lipinski definition) is 4. The first-order valence-corrected chi connectivity index (χ1v) is 7.74. The molecule has 2 heterocycles. The predicted octanol–water partition coefficient (Wildman–Crippen LogP) is 1.17. The minimum atomic E-state index is -0.197. The molecule has 1 fully saturated rings. The van der Waals surface area contributed by atoms with E-state index in [4.69, 9.17) is 5.73 Å². The number of amides is 1. The zero-order valence-corrected chi connectivity index (χ0v) is 12.8. The fourth-order valence-electron chi connectivity index (χ4n) is 2.19. The van der Waals surface area contributed by atoms with Crippen molar-refractivity contribution in [2.45, 2.75) is 31.6 Å². The van der Waals surface area contributed by atoms with Crippen LogP contribution in [0.2, 0.25) is 0 Å². The molecule has 1 aromatic heterocycles. The van der Waals surface area contributed by atoms with E-state index in [1.54, 1.807) is 6.07 Å². The molecule has 20 heavy (non-hydrogen) atoms. The molecule has 1 amide bonds. The highest BCUT2D eigenvalue weighted by atomic mass is 32.2. The van der Waals surface area contributed by atoms with Gasteiger partial charge in [-0.25, -0.2) is 0 Å². The summed E-state index contributed by atoms with van der Waals surface area (Å²) in [6.07, 6.45) is 2.49. The molecule has 1 aliphatic heterocycles. The molecule has 1 saturated heterocycles. The van der Waals surface area contributed by atoms with Gasteiger partial charge in [-0.3, -0.25) is 9.59 Å². The van der Waals surface area contributed by atoms with Gasteiger partial charge in [0, 0.05) is 41.5 Å². The van der Waals surface area contributed by atoms with E-state index in [0.717, 1.165) is 25.3 Å². The molecular formula is C14H21N3O2S. The van der Waals surface area contributed by atoms with E-state index in [1.165, 1.54) is 16.8 Å². The second-order valence-corrected chi connectivity index (χ2v) is 7.47. The van der Waals surface area contributed by atoms with Crippen LogP contribution in [0.3, 0.4) is 0 Å². The Morgan fingerprint density at radius 3 is 2.90 bits per heavy atom. The minimum absolute atomic E-state index is 0.0176. The Bertz CT molecular complexity index is 554. The Morgan fingerprint density at radius 1 is 1.40 bits per heavy atom. The van der Waals surface area contributed by atoms with E-state index in [9.17, 15) is 9.59 Å². The highest BCUT2D eigenvalue weighted by molar-refractivity contribution is 8.00. The normalized spacial score (nSPS) is 18.6. The summed E-state index contributed by atoms with van der Waals surface area (Å²) in [5.74, 6) is 0.917. The second-order valence-electron chi connectivity index (χ2n) is 5.67. The molecule has 5 nitrogen and oxygen atoms in total. The van der Waals surface area contributed by atoms with E-state index in [2.05, 4.69) is 13.8 Å². The van der Waals surface area contributed by atoms with Crippen molar-refractivity contribution in [1.29, 1.82) is 0 Å². The van der Waals surface area contributed by atoms with Crippen LogP contribution in [0.5, 0.6) is 0 Å². The first-order chi connectivity index (χ1) is 9.37. The maximum absolute atomic E-state index is 12.3. The maximum atomic E-state index is 12.3. The number of nitrogens with zero attached hydrogens (tertiary/aromatic N) is 2. The third kappa shape index (κ3) is 3.79. The summed E-state index contributed by atoms with van der Waals surface area (Å²) < 4.78 is 1.59. The number of anilines is 1. The Balaban J connectivity index is 2.05. The summed E-state index contributed by atoms with van der Waals surface area (Å²) in [5, 5.41) is 0. The van der Waals surface area contributed by atoms with Gasteiger partial charge in [0.05, 0.1) is 0 Å². The summed E-state index contributed by atoms with van der Waals surface area (Å²) in [6, 6.07) is 2.94. The number of hydrogen-bond donors (Lipinski definition) is 1. The molecule has 0 bridgehead atoms. The van der Waals surface area contributed by atoms with Gasteiger partial charge >= 0.3 is 0 Å². The lowest BCUT2D eigenvalue weighted by molar-refractivity contribution is -0.131. The van der Waals surface area contributed by atoms with Crippen LogP contribution in [0.4, 0.5) is 5.69 Å². The molecule has 0 saturated carbocycles. The molecule has 0 unspecified atom stereocenters. The Hall–Kier alpha value is -1.43. The van der Waals surface area contributed by atoms with Crippen molar-refractivity contribution in [2.24, 2.45) is 0 Å². The summed E-state index contributed by atoms with van der Waals surface area (Å²) in [4.78, 5) is 25.8. The van der Waals surface area contributed by atoms with Crippen molar-refractivity contribution in [3.05, 3.63) is 28.7 Å². The van der Waals surface area contributed by atoms with E-state index in [0.29, 0.717) is 5.69 Å². The molecule has 110 valence electrons. The van der Waals surface area contributed by atoms with Crippen LogP contribution in [-0.4, -0.2) is 39.0 Å². The van der Waals surface area contributed by atoms with Crippen LogP contribution in [0, 0.1) is 0 Å². The van der Waals surface area contributed by atoms with Crippen LogP contribution in [0.25, 0.3) is 0 Å². The van der Waals surface area contributed by atoms with Crippen molar-refractivity contribution in [2.75, 3.05) is 24.6 Å². The fraction of sp³-hybridized carbons (Fsp3) is 0.571. The van der Waals surface area contributed by atoms with E-state index < -0.39 is 0 Å². The van der Waals surface area contributed by atoms with Crippen LogP contribution in [0.15, 0.2) is 23.1 Å². The van der Waals surface area contributed by atoms with Gasteiger partial charge in [-0.15, -0.1) is 0 Å². The van der Waals surface area contributed by atoms with Crippen molar-refractivity contribution in [3.8, 4) is 0 Å². The van der Waals surface area contributed by atoms with Gasteiger partial charge in [0.2, 0.25) is 5.91 Å². The first kappa shape index (κ1) is 15.0. The number of nitrogen functional groups attached to an aromatic ring is 1. The quantitative estimate of drug-likeness (QED) is 0.889. The lowest BCUT2D eigenvalue weighted by Gasteiger charge is -2.23. The average molecular weight is 295 g/mol. The predicted molar refractivity (Wildman–Crippen MR) is 82.8 cm³/mol. The van der Waals surface area contributed by atoms with Gasteiger partial charge < -0.3 is 15.2 Å². The molecule has 1 aromatic rings. The standard InChI is InChI=1S/C14H21N3O2S/c1-14(2)5-6-16(7-8-20-14)13(19)10-17-9-11(15)3-4-12(17)18/h3-4,9H,5-8,10,15H2,1-2H3. The third-order valence-electron chi connectivity index (χ3n) is 3.50. The Kier molecular flexibility index (Phi) is 4.42. The molecule has 0 aromatic carbocycles. The fourth-order valence-corrected chi connectivity index (χ4v) is 3.29. The number of thioether (sulfide) groups is 1. The number of aromatic nitrogens is 1. The lowest BCUT2D eigenvalue weighted by atomic mass is 10.1. The molecule has 2 N–H and O–H groups in total. The zero-order chi connectivity index (χ0) is 14.8. The highest BCUT2D eigenvalue weighted by Crippen LogP contribution is 2.30. The van der Waals surface area contributed by atoms with Crippen molar-refractivity contribution in [1.82, 2.24) is 9.47 Å². The van der Waals surface area contributed by atoms with E-state index in [-0.39, 0.29) is 22.8 Å². The maximum Gasteiger partial charge on any atom is 0.251 e. The van der Waals surface area contributed by atoms with E-state index in [1.807, 2.05) is 16.7 Å². The van der Waals surface area contributed by atoms with Gasteiger partial charge in [-0.1, -0.05) is 13.8 Å². The largest absolute Gasteiger partial charge is 0.398 e. The van der Waals surface area contributed by atoms with E-state index >= 15 is 0 Å². The summed E-state index contributed by atoms with van der Waals surface area (Å²) in [6.45, 7) is 5.96. The van der Waals surface area contributed by atoms with Gasteiger partial charge in [0.15, 0.2) is 0 Å². The van der Waals surface area contributed by atoms with Gasteiger partial charge in [-0.2, -0.15) is 11.8 Å². The number of carbonyl (C=O) groups excluding carboxylic acids is 1. The Morgan fingerprint density at radius 2 is 2.15 bits per heavy atom. The highest BCUT2D eigenvalue weighted by Gasteiger charge is 2.25. The molecule has 1 aliphatic rings. The average Bonchev–Trinajstić information content (AvgIpc) is 2.55. The molecular weight excluding hydrogens is 274 g/mol. The molecule has 0 aliphatic carbocycles. The number of pyridine rings is 1. The van der Waals surface area contributed by atoms with Crippen LogP contribution >= 0.6 is 11.8 Å². The summed E-state index contributed by atoms with van der Waals surface area (Å²) >= 11 is 1.89. The third-order valence-corrected chi connectivity index (χ3v) is 4.87. The monoisotopic (exact) mass is 295 g/mol.